The van der Waals surface area contributed by atoms with E-state index in [4.69, 9.17) is 11.6 Å². The number of alkyl halides is 1. The standard InChI is InChI=1S/C14H20ClNO/c1-3-11(2)9-14(17)16-13(10-15)12-7-5-4-6-8-12/h4-8,11,13H,3,9-10H2,1-2H3,(H,16,17). The minimum absolute atomic E-state index is 0.0776. The second-order valence-corrected chi connectivity index (χ2v) is 4.71. The molecule has 0 aliphatic heterocycles. The molecule has 2 unspecified atom stereocenters. The molecular formula is C14H20ClNO. The molecule has 0 aliphatic rings. The predicted molar refractivity (Wildman–Crippen MR) is 72.1 cm³/mol. The molecule has 0 saturated carbocycles. The number of rotatable bonds is 6. The lowest BCUT2D eigenvalue weighted by Gasteiger charge is -2.17. The number of hydrogen-bond acceptors (Lipinski definition) is 1. The van der Waals surface area contributed by atoms with Gasteiger partial charge in [-0.2, -0.15) is 0 Å². The highest BCUT2D eigenvalue weighted by Crippen LogP contribution is 2.15. The van der Waals surface area contributed by atoms with E-state index in [0.717, 1.165) is 12.0 Å². The summed E-state index contributed by atoms with van der Waals surface area (Å²) < 4.78 is 0. The zero-order valence-corrected chi connectivity index (χ0v) is 11.2. The van der Waals surface area contributed by atoms with Crippen LogP contribution in [0, 0.1) is 5.92 Å². The van der Waals surface area contributed by atoms with Crippen molar-refractivity contribution in [2.24, 2.45) is 5.92 Å². The van der Waals surface area contributed by atoms with Gasteiger partial charge in [0.05, 0.1) is 6.04 Å². The van der Waals surface area contributed by atoms with Crippen LogP contribution in [0.2, 0.25) is 0 Å². The van der Waals surface area contributed by atoms with Crippen LogP contribution in [0.25, 0.3) is 0 Å². The molecule has 0 saturated heterocycles. The van der Waals surface area contributed by atoms with Gasteiger partial charge in [-0.1, -0.05) is 50.6 Å². The molecule has 2 atom stereocenters. The van der Waals surface area contributed by atoms with Crippen molar-refractivity contribution in [3.05, 3.63) is 35.9 Å². The molecule has 1 aromatic carbocycles. The van der Waals surface area contributed by atoms with Crippen molar-refractivity contribution in [1.82, 2.24) is 5.32 Å². The maximum atomic E-state index is 11.8. The first-order valence-corrected chi connectivity index (χ1v) is 6.61. The fourth-order valence-corrected chi connectivity index (χ4v) is 1.87. The van der Waals surface area contributed by atoms with E-state index in [1.54, 1.807) is 0 Å². The second kappa shape index (κ2) is 7.33. The van der Waals surface area contributed by atoms with Gasteiger partial charge in [0.1, 0.15) is 0 Å². The molecule has 1 N–H and O–H groups in total. The average Bonchev–Trinajstić information content (AvgIpc) is 2.36. The van der Waals surface area contributed by atoms with Gasteiger partial charge in [-0.25, -0.2) is 0 Å². The van der Waals surface area contributed by atoms with E-state index in [0.29, 0.717) is 18.2 Å². The molecule has 0 spiro atoms. The number of nitrogens with one attached hydrogen (secondary N) is 1. The Morgan fingerprint density at radius 2 is 2.00 bits per heavy atom. The largest absolute Gasteiger partial charge is 0.348 e. The fraction of sp³-hybridized carbons (Fsp3) is 0.500. The van der Waals surface area contributed by atoms with Crippen LogP contribution in [-0.2, 0) is 4.79 Å². The Hall–Kier alpha value is -1.02. The highest BCUT2D eigenvalue weighted by molar-refractivity contribution is 6.18. The zero-order chi connectivity index (χ0) is 12.7. The summed E-state index contributed by atoms with van der Waals surface area (Å²) in [5, 5.41) is 2.98. The molecule has 94 valence electrons. The maximum Gasteiger partial charge on any atom is 0.220 e. The molecule has 1 amide bonds. The van der Waals surface area contributed by atoms with Crippen LogP contribution in [0.1, 0.15) is 38.3 Å². The van der Waals surface area contributed by atoms with Gasteiger partial charge in [0.25, 0.3) is 0 Å². The summed E-state index contributed by atoms with van der Waals surface area (Å²) >= 11 is 5.90. The van der Waals surface area contributed by atoms with Crippen LogP contribution in [0.5, 0.6) is 0 Å². The molecule has 1 aromatic rings. The molecule has 0 bridgehead atoms. The SMILES string of the molecule is CCC(C)CC(=O)NC(CCl)c1ccccc1. The first-order valence-electron chi connectivity index (χ1n) is 6.07. The average molecular weight is 254 g/mol. The second-order valence-electron chi connectivity index (χ2n) is 4.40. The van der Waals surface area contributed by atoms with Crippen LogP contribution in [0.15, 0.2) is 30.3 Å². The van der Waals surface area contributed by atoms with Gasteiger partial charge >= 0.3 is 0 Å². The van der Waals surface area contributed by atoms with Crippen LogP contribution in [-0.4, -0.2) is 11.8 Å². The Bertz CT molecular complexity index is 339. The molecule has 3 heteroatoms. The van der Waals surface area contributed by atoms with Gasteiger partial charge in [-0.05, 0) is 11.5 Å². The first-order chi connectivity index (χ1) is 8.17. The highest BCUT2D eigenvalue weighted by atomic mass is 35.5. The van der Waals surface area contributed by atoms with Gasteiger partial charge in [-0.3, -0.25) is 4.79 Å². The van der Waals surface area contributed by atoms with Crippen molar-refractivity contribution in [1.29, 1.82) is 0 Å². The zero-order valence-electron chi connectivity index (χ0n) is 10.4. The molecule has 0 aliphatic carbocycles. The van der Waals surface area contributed by atoms with Crippen molar-refractivity contribution >= 4 is 17.5 Å². The van der Waals surface area contributed by atoms with E-state index in [9.17, 15) is 4.79 Å². The Labute approximate surface area is 108 Å². The molecule has 0 heterocycles. The normalized spacial score (nSPS) is 14.1. The van der Waals surface area contributed by atoms with Crippen LogP contribution < -0.4 is 5.32 Å². The van der Waals surface area contributed by atoms with E-state index in [1.807, 2.05) is 30.3 Å². The Kier molecular flexibility index (Phi) is 6.06. The maximum absolute atomic E-state index is 11.8. The third-order valence-corrected chi connectivity index (χ3v) is 3.23. The molecule has 17 heavy (non-hydrogen) atoms. The van der Waals surface area contributed by atoms with Crippen LogP contribution in [0.4, 0.5) is 0 Å². The smallest absolute Gasteiger partial charge is 0.220 e. The number of halogens is 1. The topological polar surface area (TPSA) is 29.1 Å². The van der Waals surface area contributed by atoms with Crippen LogP contribution in [0.3, 0.4) is 0 Å². The minimum atomic E-state index is -0.0885. The van der Waals surface area contributed by atoms with Crippen molar-refractivity contribution < 1.29 is 4.79 Å². The Morgan fingerprint density at radius 3 is 2.53 bits per heavy atom. The minimum Gasteiger partial charge on any atom is -0.348 e. The molecular weight excluding hydrogens is 234 g/mol. The van der Waals surface area contributed by atoms with Crippen molar-refractivity contribution in [2.45, 2.75) is 32.7 Å². The lowest BCUT2D eigenvalue weighted by molar-refractivity contribution is -0.122. The highest BCUT2D eigenvalue weighted by Gasteiger charge is 2.14. The summed E-state index contributed by atoms with van der Waals surface area (Å²) in [6, 6.07) is 9.74. The fourth-order valence-electron chi connectivity index (χ4n) is 1.61. The quantitative estimate of drug-likeness (QED) is 0.773. The van der Waals surface area contributed by atoms with Crippen molar-refractivity contribution in [3.63, 3.8) is 0 Å². The number of benzene rings is 1. The van der Waals surface area contributed by atoms with Crippen molar-refractivity contribution in [2.75, 3.05) is 5.88 Å². The van der Waals surface area contributed by atoms with E-state index < -0.39 is 0 Å². The van der Waals surface area contributed by atoms with Crippen LogP contribution >= 0.6 is 11.6 Å². The summed E-state index contributed by atoms with van der Waals surface area (Å²) in [6.45, 7) is 4.17. The Balaban J connectivity index is 2.56. The van der Waals surface area contributed by atoms with E-state index in [2.05, 4.69) is 19.2 Å². The summed E-state index contributed by atoms with van der Waals surface area (Å²) in [7, 11) is 0. The summed E-state index contributed by atoms with van der Waals surface area (Å²) in [5.74, 6) is 0.895. The van der Waals surface area contributed by atoms with Gasteiger partial charge in [0, 0.05) is 12.3 Å². The van der Waals surface area contributed by atoms with E-state index >= 15 is 0 Å². The van der Waals surface area contributed by atoms with E-state index in [1.165, 1.54) is 0 Å². The molecule has 0 fully saturated rings. The monoisotopic (exact) mass is 253 g/mol. The number of carbonyl (C=O) groups is 1. The number of amides is 1. The third-order valence-electron chi connectivity index (χ3n) is 2.92. The summed E-state index contributed by atoms with van der Waals surface area (Å²) in [5.41, 5.74) is 1.06. The number of hydrogen-bond donors (Lipinski definition) is 1. The van der Waals surface area contributed by atoms with Gasteiger partial charge in [-0.15, -0.1) is 11.6 Å². The first kappa shape index (κ1) is 14.0. The molecule has 0 radical (unpaired) electrons. The molecule has 0 aromatic heterocycles. The van der Waals surface area contributed by atoms with Crippen molar-refractivity contribution in [3.8, 4) is 0 Å². The van der Waals surface area contributed by atoms with E-state index in [-0.39, 0.29) is 11.9 Å². The third kappa shape index (κ3) is 4.78. The number of carbonyl (C=O) groups excluding carboxylic acids is 1. The van der Waals surface area contributed by atoms with Gasteiger partial charge in [0.2, 0.25) is 5.91 Å². The lowest BCUT2D eigenvalue weighted by Crippen LogP contribution is -2.30. The predicted octanol–water partition coefficient (Wildman–Crippen LogP) is 3.52. The lowest BCUT2D eigenvalue weighted by atomic mass is 10.0. The molecule has 2 nitrogen and oxygen atoms in total. The summed E-state index contributed by atoms with van der Waals surface area (Å²) in [4.78, 5) is 11.8. The Morgan fingerprint density at radius 1 is 1.35 bits per heavy atom. The van der Waals surface area contributed by atoms with Gasteiger partial charge in [0.15, 0.2) is 0 Å². The van der Waals surface area contributed by atoms with Gasteiger partial charge < -0.3 is 5.32 Å². The summed E-state index contributed by atoms with van der Waals surface area (Å²) in [6.07, 6.45) is 1.58. The molecule has 1 rings (SSSR count).